The highest BCUT2D eigenvalue weighted by Crippen LogP contribution is 2.61. The second kappa shape index (κ2) is 7.96. The van der Waals surface area contributed by atoms with Crippen molar-refractivity contribution in [1.29, 1.82) is 0 Å². The zero-order valence-corrected chi connectivity index (χ0v) is 15.4. The van der Waals surface area contributed by atoms with Crippen LogP contribution < -0.4 is 0 Å². The minimum atomic E-state index is -0.0657. The zero-order chi connectivity index (χ0) is 17.0. The van der Waals surface area contributed by atoms with Gasteiger partial charge in [0, 0.05) is 6.42 Å². The van der Waals surface area contributed by atoms with E-state index in [1.165, 1.54) is 31.3 Å². The number of aldehydes is 1. The molecule has 3 aliphatic carbocycles. The van der Waals surface area contributed by atoms with Gasteiger partial charge in [0.2, 0.25) is 0 Å². The number of rotatable bonds is 3. The third kappa shape index (κ3) is 3.57. The molecule has 0 bridgehead atoms. The van der Waals surface area contributed by atoms with Gasteiger partial charge in [-0.3, -0.25) is 0 Å². The van der Waals surface area contributed by atoms with Crippen LogP contribution in [0.5, 0.6) is 0 Å². The largest absolute Gasteiger partial charge is 0.393 e. The normalized spacial score (nSPS) is 42.8. The molecule has 2 heteroatoms. The van der Waals surface area contributed by atoms with E-state index >= 15 is 0 Å². The van der Waals surface area contributed by atoms with Crippen LogP contribution in [0, 0.1) is 29.1 Å². The van der Waals surface area contributed by atoms with Gasteiger partial charge >= 0.3 is 0 Å². The van der Waals surface area contributed by atoms with E-state index in [9.17, 15) is 9.90 Å². The highest BCUT2D eigenvalue weighted by Gasteiger charge is 2.53. The molecule has 0 heterocycles. The molecule has 0 radical (unpaired) electrons. The molecule has 0 saturated heterocycles. The van der Waals surface area contributed by atoms with Gasteiger partial charge in [-0.1, -0.05) is 32.9 Å². The molecule has 0 aliphatic heterocycles. The summed E-state index contributed by atoms with van der Waals surface area (Å²) in [7, 11) is 0. The first kappa shape index (κ1) is 18.7. The number of aliphatic hydroxyl groups is 1. The molecular weight excluding hydrogens is 284 g/mol. The molecule has 6 unspecified atom stereocenters. The van der Waals surface area contributed by atoms with Crippen molar-refractivity contribution in [2.24, 2.45) is 29.1 Å². The Balaban J connectivity index is 0.000000924. The van der Waals surface area contributed by atoms with E-state index in [-0.39, 0.29) is 6.10 Å². The van der Waals surface area contributed by atoms with Crippen molar-refractivity contribution < 1.29 is 9.90 Å². The molecule has 6 atom stereocenters. The second-order valence-electron chi connectivity index (χ2n) is 8.03. The average molecular weight is 321 g/mol. The van der Waals surface area contributed by atoms with Gasteiger partial charge in [-0.2, -0.15) is 0 Å². The van der Waals surface area contributed by atoms with Crippen molar-refractivity contribution >= 4 is 6.29 Å². The molecule has 3 rings (SSSR count). The number of hydrogen-bond donors (Lipinski definition) is 1. The van der Waals surface area contributed by atoms with Crippen LogP contribution in [0.4, 0.5) is 0 Å². The molecule has 0 aromatic carbocycles. The van der Waals surface area contributed by atoms with Crippen molar-refractivity contribution in [3.63, 3.8) is 0 Å². The van der Waals surface area contributed by atoms with Crippen LogP contribution in [0.1, 0.15) is 78.6 Å². The molecule has 0 spiro atoms. The molecule has 3 fully saturated rings. The highest BCUT2D eigenvalue weighted by molar-refractivity contribution is 5.49. The lowest BCUT2D eigenvalue weighted by atomic mass is 9.47. The number of carbonyl (C=O) groups excluding carboxylic acids is 1. The first-order chi connectivity index (χ1) is 11.1. The van der Waals surface area contributed by atoms with Crippen LogP contribution in [0.3, 0.4) is 0 Å². The van der Waals surface area contributed by atoms with Gasteiger partial charge in [0.1, 0.15) is 6.29 Å². The standard InChI is InChI=1S/C19H30O2.C2H6/c1-13-5-8-18-17(16(13)4-3-11-20)7-6-14-12-15(21)9-10-19(14,18)2;1-2/h11,14-18,21H,1,3-10,12H2,2H3;1-2H3. The zero-order valence-electron chi connectivity index (χ0n) is 15.4. The summed E-state index contributed by atoms with van der Waals surface area (Å²) < 4.78 is 0. The first-order valence-electron chi connectivity index (χ1n) is 9.85. The van der Waals surface area contributed by atoms with E-state index in [0.717, 1.165) is 43.8 Å². The van der Waals surface area contributed by atoms with E-state index in [1.807, 2.05) is 13.8 Å². The number of fused-ring (bicyclic) bond motifs is 3. The Morgan fingerprint density at radius 3 is 2.70 bits per heavy atom. The average Bonchev–Trinajstić information content (AvgIpc) is 2.56. The van der Waals surface area contributed by atoms with E-state index in [2.05, 4.69) is 13.5 Å². The lowest BCUT2D eigenvalue weighted by Crippen LogP contribution is -2.51. The van der Waals surface area contributed by atoms with Crippen molar-refractivity contribution in [2.75, 3.05) is 0 Å². The third-order valence-electron chi connectivity index (χ3n) is 7.13. The summed E-state index contributed by atoms with van der Waals surface area (Å²) >= 11 is 0. The number of allylic oxidation sites excluding steroid dienone is 1. The molecule has 0 aromatic heterocycles. The smallest absolute Gasteiger partial charge is 0.120 e. The molecular formula is C21H36O2. The monoisotopic (exact) mass is 320 g/mol. The van der Waals surface area contributed by atoms with Gasteiger partial charge in [0.15, 0.2) is 0 Å². The molecule has 132 valence electrons. The SMILES string of the molecule is C=C1CCC2C(CCC3CC(O)CCC32C)C1CCC=O.CC. The molecule has 0 amide bonds. The van der Waals surface area contributed by atoms with Crippen LogP contribution in [0.15, 0.2) is 12.2 Å². The maximum atomic E-state index is 10.8. The lowest BCUT2D eigenvalue weighted by Gasteiger charge is -2.58. The predicted molar refractivity (Wildman–Crippen MR) is 96.2 cm³/mol. The van der Waals surface area contributed by atoms with Gasteiger partial charge in [0.25, 0.3) is 0 Å². The number of carbonyl (C=O) groups is 1. The van der Waals surface area contributed by atoms with E-state index in [0.29, 0.717) is 23.7 Å². The quantitative estimate of drug-likeness (QED) is 0.576. The summed E-state index contributed by atoms with van der Waals surface area (Å²) in [6.45, 7) is 10.8. The van der Waals surface area contributed by atoms with Crippen molar-refractivity contribution in [2.45, 2.75) is 84.7 Å². The van der Waals surface area contributed by atoms with Gasteiger partial charge in [-0.15, -0.1) is 0 Å². The Morgan fingerprint density at radius 2 is 2.00 bits per heavy atom. The Hall–Kier alpha value is -0.630. The molecule has 2 nitrogen and oxygen atoms in total. The maximum Gasteiger partial charge on any atom is 0.120 e. The Bertz CT molecular complexity index is 416. The van der Waals surface area contributed by atoms with Gasteiger partial charge in [0.05, 0.1) is 6.10 Å². The topological polar surface area (TPSA) is 37.3 Å². The second-order valence-corrected chi connectivity index (χ2v) is 8.03. The lowest BCUT2D eigenvalue weighted by molar-refractivity contribution is -0.109. The molecule has 3 aliphatic rings. The Kier molecular flexibility index (Phi) is 6.48. The third-order valence-corrected chi connectivity index (χ3v) is 7.13. The van der Waals surface area contributed by atoms with E-state index in [4.69, 9.17) is 0 Å². The van der Waals surface area contributed by atoms with Crippen LogP contribution in [-0.4, -0.2) is 17.5 Å². The summed E-state index contributed by atoms with van der Waals surface area (Å²) in [6.07, 6.45) is 10.9. The van der Waals surface area contributed by atoms with Crippen molar-refractivity contribution in [3.8, 4) is 0 Å². The summed E-state index contributed by atoms with van der Waals surface area (Å²) in [6, 6.07) is 0. The Labute approximate surface area is 142 Å². The fraction of sp³-hybridized carbons (Fsp3) is 0.857. The van der Waals surface area contributed by atoms with Crippen LogP contribution in [-0.2, 0) is 4.79 Å². The van der Waals surface area contributed by atoms with Gasteiger partial charge in [-0.05, 0) is 80.5 Å². The molecule has 23 heavy (non-hydrogen) atoms. The molecule has 3 saturated carbocycles. The molecule has 0 aromatic rings. The van der Waals surface area contributed by atoms with Crippen LogP contribution in [0.2, 0.25) is 0 Å². The van der Waals surface area contributed by atoms with Crippen molar-refractivity contribution in [1.82, 2.24) is 0 Å². The van der Waals surface area contributed by atoms with Crippen LogP contribution >= 0.6 is 0 Å². The summed E-state index contributed by atoms with van der Waals surface area (Å²) in [5.41, 5.74) is 1.82. The van der Waals surface area contributed by atoms with E-state index in [1.54, 1.807) is 0 Å². The fourth-order valence-electron chi connectivity index (χ4n) is 5.94. The van der Waals surface area contributed by atoms with Gasteiger partial charge < -0.3 is 9.90 Å². The van der Waals surface area contributed by atoms with Crippen molar-refractivity contribution in [3.05, 3.63) is 12.2 Å². The maximum absolute atomic E-state index is 10.8. The predicted octanol–water partition coefficient (Wildman–Crippen LogP) is 5.15. The summed E-state index contributed by atoms with van der Waals surface area (Å²) in [4.78, 5) is 10.8. The Morgan fingerprint density at radius 1 is 1.26 bits per heavy atom. The minimum Gasteiger partial charge on any atom is -0.393 e. The fourth-order valence-corrected chi connectivity index (χ4v) is 5.94. The van der Waals surface area contributed by atoms with Crippen LogP contribution in [0.25, 0.3) is 0 Å². The first-order valence-corrected chi connectivity index (χ1v) is 9.85. The summed E-state index contributed by atoms with van der Waals surface area (Å²) in [5.74, 6) is 2.80. The summed E-state index contributed by atoms with van der Waals surface area (Å²) in [5, 5.41) is 10.0. The number of aliphatic hydroxyl groups excluding tert-OH is 1. The number of hydrogen-bond acceptors (Lipinski definition) is 2. The van der Waals surface area contributed by atoms with E-state index < -0.39 is 0 Å². The molecule has 1 N–H and O–H groups in total. The minimum absolute atomic E-state index is 0.0657. The van der Waals surface area contributed by atoms with Gasteiger partial charge in [-0.25, -0.2) is 0 Å². The highest BCUT2D eigenvalue weighted by atomic mass is 16.3.